The van der Waals surface area contributed by atoms with Crippen LogP contribution < -0.4 is 10.1 Å². The molecule has 0 amide bonds. The van der Waals surface area contributed by atoms with E-state index in [-0.39, 0.29) is 17.5 Å². The Kier molecular flexibility index (Phi) is 8.47. The van der Waals surface area contributed by atoms with Gasteiger partial charge in [-0.1, -0.05) is 52.4 Å². The lowest BCUT2D eigenvalue weighted by Crippen LogP contribution is -2.17. The number of halogens is 3. The average molecular weight is 396 g/mol. The van der Waals surface area contributed by atoms with Gasteiger partial charge in [0.1, 0.15) is 23.2 Å². The summed E-state index contributed by atoms with van der Waals surface area (Å²) < 4.78 is 40.9. The van der Waals surface area contributed by atoms with E-state index in [4.69, 9.17) is 0 Å². The summed E-state index contributed by atoms with van der Waals surface area (Å²) in [6, 6.07) is 3.97. The van der Waals surface area contributed by atoms with E-state index >= 15 is 0 Å². The van der Waals surface area contributed by atoms with E-state index in [1.165, 1.54) is 44.4 Å². The van der Waals surface area contributed by atoms with Crippen molar-refractivity contribution in [1.29, 1.82) is 0 Å². The first kappa shape index (κ1) is 21.9. The van der Waals surface area contributed by atoms with Gasteiger partial charge < -0.3 is 10.1 Å². The van der Waals surface area contributed by atoms with Gasteiger partial charge in [0.2, 0.25) is 0 Å². The molecule has 0 aliphatic rings. The summed E-state index contributed by atoms with van der Waals surface area (Å²) in [5.41, 5.74) is 0. The largest absolute Gasteiger partial charge is 0.573 e. The molecule has 0 saturated heterocycles. The number of anilines is 2. The fourth-order valence-corrected chi connectivity index (χ4v) is 2.85. The van der Waals surface area contributed by atoms with Gasteiger partial charge in [0.05, 0.1) is 0 Å². The molecule has 2 aromatic rings. The van der Waals surface area contributed by atoms with Gasteiger partial charge in [-0.25, -0.2) is 15.0 Å². The molecular weight excluding hydrogens is 369 g/mol. The van der Waals surface area contributed by atoms with Crippen molar-refractivity contribution in [2.24, 2.45) is 0 Å². The number of hydrogen-bond acceptors (Lipinski definition) is 5. The minimum absolute atomic E-state index is 0.209. The van der Waals surface area contributed by atoms with Crippen LogP contribution in [0, 0.1) is 0 Å². The maximum Gasteiger partial charge on any atom is 0.573 e. The van der Waals surface area contributed by atoms with Gasteiger partial charge in [-0.2, -0.15) is 0 Å². The van der Waals surface area contributed by atoms with Crippen LogP contribution in [0.3, 0.4) is 0 Å². The summed E-state index contributed by atoms with van der Waals surface area (Å²) in [7, 11) is 0. The highest BCUT2D eigenvalue weighted by Crippen LogP contribution is 2.25. The molecule has 1 atom stereocenters. The smallest absolute Gasteiger partial charge is 0.406 e. The molecule has 1 N–H and O–H groups in total. The van der Waals surface area contributed by atoms with Crippen molar-refractivity contribution < 1.29 is 17.9 Å². The fourth-order valence-electron chi connectivity index (χ4n) is 2.85. The normalized spacial score (nSPS) is 12.6. The number of nitrogens with zero attached hydrogens (tertiary/aromatic N) is 3. The quantitative estimate of drug-likeness (QED) is 0.447. The van der Waals surface area contributed by atoms with E-state index in [0.29, 0.717) is 11.6 Å². The highest BCUT2D eigenvalue weighted by atomic mass is 19.4. The lowest BCUT2D eigenvalue weighted by molar-refractivity contribution is -0.274. The standard InChI is InChI=1S/C20H27F3N4O/c1-3-4-5-6-7-8-9-15(2)19-25-13-11-17(27-19)26-18-14-16(10-12-24-18)28-20(21,22)23/h10-15H,3-9H2,1-2H3,(H,24,25,26,27). The highest BCUT2D eigenvalue weighted by molar-refractivity contribution is 5.53. The topological polar surface area (TPSA) is 59.9 Å². The van der Waals surface area contributed by atoms with Crippen molar-refractivity contribution in [3.05, 3.63) is 36.4 Å². The molecule has 0 radical (unpaired) electrons. The number of hydrogen-bond donors (Lipinski definition) is 1. The first-order valence-corrected chi connectivity index (χ1v) is 9.69. The minimum atomic E-state index is -4.74. The molecule has 0 fully saturated rings. The van der Waals surface area contributed by atoms with Crippen molar-refractivity contribution in [3.63, 3.8) is 0 Å². The fraction of sp³-hybridized carbons (Fsp3) is 0.550. The van der Waals surface area contributed by atoms with E-state index < -0.39 is 6.36 Å². The lowest BCUT2D eigenvalue weighted by Gasteiger charge is -2.13. The number of aromatic nitrogens is 3. The number of unbranched alkanes of at least 4 members (excludes halogenated alkanes) is 5. The Morgan fingerprint density at radius 2 is 1.71 bits per heavy atom. The maximum atomic E-state index is 12.3. The Hall–Kier alpha value is -2.38. The summed E-state index contributed by atoms with van der Waals surface area (Å²) in [5.74, 6) is 1.28. The summed E-state index contributed by atoms with van der Waals surface area (Å²) in [5, 5.41) is 2.91. The Labute approximate surface area is 163 Å². The van der Waals surface area contributed by atoms with Crippen LogP contribution in [-0.4, -0.2) is 21.3 Å². The molecule has 2 rings (SSSR count). The van der Waals surface area contributed by atoms with E-state index in [1.54, 1.807) is 12.3 Å². The summed E-state index contributed by atoms with van der Waals surface area (Å²) >= 11 is 0. The molecule has 0 aliphatic heterocycles. The molecule has 0 bridgehead atoms. The predicted octanol–water partition coefficient (Wildman–Crippen LogP) is 6.37. The summed E-state index contributed by atoms with van der Waals surface area (Å²) in [6.45, 7) is 4.29. The highest BCUT2D eigenvalue weighted by Gasteiger charge is 2.31. The number of alkyl halides is 3. The molecule has 0 saturated carbocycles. The van der Waals surface area contributed by atoms with Crippen LogP contribution in [0.25, 0.3) is 0 Å². The van der Waals surface area contributed by atoms with Crippen LogP contribution in [0.15, 0.2) is 30.6 Å². The molecule has 28 heavy (non-hydrogen) atoms. The van der Waals surface area contributed by atoms with Crippen molar-refractivity contribution >= 4 is 11.6 Å². The third-order valence-electron chi connectivity index (χ3n) is 4.33. The minimum Gasteiger partial charge on any atom is -0.406 e. The Morgan fingerprint density at radius 1 is 1.00 bits per heavy atom. The third kappa shape index (κ3) is 8.10. The van der Waals surface area contributed by atoms with Crippen LogP contribution in [-0.2, 0) is 0 Å². The van der Waals surface area contributed by atoms with Crippen LogP contribution in [0.5, 0.6) is 5.75 Å². The number of ether oxygens (including phenoxy) is 1. The zero-order chi connectivity index (χ0) is 20.4. The number of nitrogens with one attached hydrogen (secondary N) is 1. The monoisotopic (exact) mass is 396 g/mol. The molecular formula is C20H27F3N4O. The van der Waals surface area contributed by atoms with Crippen molar-refractivity contribution in [1.82, 2.24) is 15.0 Å². The molecule has 5 nitrogen and oxygen atoms in total. The van der Waals surface area contributed by atoms with Crippen LogP contribution in [0.2, 0.25) is 0 Å². The number of rotatable bonds is 11. The molecule has 2 heterocycles. The van der Waals surface area contributed by atoms with Gasteiger partial charge >= 0.3 is 6.36 Å². The molecule has 0 spiro atoms. The summed E-state index contributed by atoms with van der Waals surface area (Å²) in [6.07, 6.45) is 6.54. The van der Waals surface area contributed by atoms with Gasteiger partial charge in [0.15, 0.2) is 0 Å². The van der Waals surface area contributed by atoms with E-state index in [9.17, 15) is 13.2 Å². The van der Waals surface area contributed by atoms with E-state index in [1.807, 2.05) is 0 Å². The van der Waals surface area contributed by atoms with Gasteiger partial charge in [0.25, 0.3) is 0 Å². The zero-order valence-electron chi connectivity index (χ0n) is 16.3. The van der Waals surface area contributed by atoms with Crippen molar-refractivity contribution in [2.45, 2.75) is 71.1 Å². The Balaban J connectivity index is 1.91. The maximum absolute atomic E-state index is 12.3. The van der Waals surface area contributed by atoms with E-state index in [2.05, 4.69) is 38.9 Å². The third-order valence-corrected chi connectivity index (χ3v) is 4.33. The van der Waals surface area contributed by atoms with Gasteiger partial charge in [-0.15, -0.1) is 13.2 Å². The molecule has 2 aromatic heterocycles. The van der Waals surface area contributed by atoms with E-state index in [0.717, 1.165) is 18.9 Å². The Bertz CT molecular complexity index is 725. The molecule has 0 aromatic carbocycles. The molecule has 1 unspecified atom stereocenters. The first-order chi connectivity index (χ1) is 13.4. The second-order valence-electron chi connectivity index (χ2n) is 6.81. The van der Waals surface area contributed by atoms with Gasteiger partial charge in [-0.05, 0) is 18.6 Å². The van der Waals surface area contributed by atoms with Crippen LogP contribution in [0.1, 0.15) is 70.5 Å². The second-order valence-corrected chi connectivity index (χ2v) is 6.81. The average Bonchev–Trinajstić information content (AvgIpc) is 2.63. The summed E-state index contributed by atoms with van der Waals surface area (Å²) in [4.78, 5) is 12.8. The number of pyridine rings is 1. The SMILES string of the molecule is CCCCCCCCC(C)c1nccc(Nc2cc(OC(F)(F)F)ccn2)n1. The second kappa shape index (κ2) is 10.8. The molecule has 154 valence electrons. The predicted molar refractivity (Wildman–Crippen MR) is 103 cm³/mol. The molecule has 0 aliphatic carbocycles. The molecule has 8 heteroatoms. The first-order valence-electron chi connectivity index (χ1n) is 9.69. The Morgan fingerprint density at radius 3 is 2.46 bits per heavy atom. The lowest BCUT2D eigenvalue weighted by atomic mass is 10.0. The van der Waals surface area contributed by atoms with Crippen molar-refractivity contribution in [3.8, 4) is 5.75 Å². The van der Waals surface area contributed by atoms with Crippen LogP contribution >= 0.6 is 0 Å². The van der Waals surface area contributed by atoms with Crippen molar-refractivity contribution in [2.75, 3.05) is 5.32 Å². The zero-order valence-corrected chi connectivity index (χ0v) is 16.3. The van der Waals surface area contributed by atoms with Gasteiger partial charge in [0, 0.05) is 24.4 Å². The van der Waals surface area contributed by atoms with Gasteiger partial charge in [-0.3, -0.25) is 0 Å². The van der Waals surface area contributed by atoms with Crippen LogP contribution in [0.4, 0.5) is 24.8 Å².